The maximum atomic E-state index is 12.7. The molecule has 12 heteroatoms. The second-order valence-corrected chi connectivity index (χ2v) is 9.23. The van der Waals surface area contributed by atoms with E-state index in [1.165, 1.54) is 24.3 Å². The van der Waals surface area contributed by atoms with E-state index >= 15 is 0 Å². The summed E-state index contributed by atoms with van der Waals surface area (Å²) in [6.45, 7) is -0.441. The van der Waals surface area contributed by atoms with Gasteiger partial charge in [-0.05, 0) is 70.2 Å². The summed E-state index contributed by atoms with van der Waals surface area (Å²) in [6.07, 6.45) is 1.41. The molecule has 9 nitrogen and oxygen atoms in total. The number of halogens is 2. The summed E-state index contributed by atoms with van der Waals surface area (Å²) < 4.78 is 6.21. The third kappa shape index (κ3) is 5.22. The van der Waals surface area contributed by atoms with E-state index in [4.69, 9.17) is 16.0 Å². The van der Waals surface area contributed by atoms with Gasteiger partial charge in [0.25, 0.3) is 16.8 Å². The Morgan fingerprint density at radius 2 is 1.91 bits per heavy atom. The highest BCUT2D eigenvalue weighted by molar-refractivity contribution is 9.10. The molecular weight excluding hydrogens is 550 g/mol. The molecule has 2 heterocycles. The van der Waals surface area contributed by atoms with Crippen LogP contribution in [0.1, 0.15) is 5.76 Å². The lowest BCUT2D eigenvalue weighted by Crippen LogP contribution is -2.36. The molecule has 0 aliphatic carbocycles. The number of rotatable bonds is 6. The van der Waals surface area contributed by atoms with Crippen LogP contribution in [0.4, 0.5) is 16.2 Å². The summed E-state index contributed by atoms with van der Waals surface area (Å²) in [6, 6.07) is 13.9. The summed E-state index contributed by atoms with van der Waals surface area (Å²) in [5.41, 5.74) is 0.992. The first-order valence-electron chi connectivity index (χ1n) is 9.56. The number of nitro groups is 1. The van der Waals surface area contributed by atoms with E-state index in [0.29, 0.717) is 44.0 Å². The fraction of sp³-hybridized carbons (Fsp3) is 0.0455. The van der Waals surface area contributed by atoms with E-state index in [-0.39, 0.29) is 10.6 Å². The van der Waals surface area contributed by atoms with E-state index in [1.807, 2.05) is 0 Å². The maximum absolute atomic E-state index is 12.7. The number of amides is 3. The number of non-ortho nitro benzene ring substituents is 1. The standard InChI is InChI=1S/C22H13BrClN3O6S/c23-17-9-14(27(31)32)5-7-16(17)18-8-6-15(33-18)10-19-21(29)26(22(30)34-19)11-20(28)25-13-3-1-12(24)2-4-13/h1-10H,11H2,(H,25,28)/b19-10+. The van der Waals surface area contributed by atoms with Gasteiger partial charge in [0.2, 0.25) is 5.91 Å². The first-order chi connectivity index (χ1) is 16.2. The maximum Gasteiger partial charge on any atom is 0.294 e. The average Bonchev–Trinajstić information content (AvgIpc) is 3.35. The highest BCUT2D eigenvalue weighted by Gasteiger charge is 2.36. The number of nitrogens with zero attached hydrogens (tertiary/aromatic N) is 2. The van der Waals surface area contributed by atoms with Crippen molar-refractivity contribution in [1.82, 2.24) is 4.90 Å². The first-order valence-corrected chi connectivity index (χ1v) is 11.5. The van der Waals surface area contributed by atoms with E-state index in [0.717, 1.165) is 4.90 Å². The van der Waals surface area contributed by atoms with Gasteiger partial charge in [-0.3, -0.25) is 29.4 Å². The van der Waals surface area contributed by atoms with Crippen LogP contribution in [0, 0.1) is 10.1 Å². The van der Waals surface area contributed by atoms with Crippen molar-refractivity contribution in [3.05, 3.63) is 84.9 Å². The van der Waals surface area contributed by atoms with Crippen molar-refractivity contribution in [2.24, 2.45) is 0 Å². The fourth-order valence-corrected chi connectivity index (χ4v) is 4.54. The number of thioether (sulfide) groups is 1. The van der Waals surface area contributed by atoms with E-state index < -0.39 is 28.5 Å². The molecule has 0 bridgehead atoms. The molecule has 1 aromatic heterocycles. The summed E-state index contributed by atoms with van der Waals surface area (Å²) in [5.74, 6) is -0.434. The van der Waals surface area contributed by atoms with Crippen LogP contribution in [-0.2, 0) is 9.59 Å². The van der Waals surface area contributed by atoms with Crippen LogP contribution in [-0.4, -0.2) is 33.4 Å². The Labute approximate surface area is 210 Å². The zero-order chi connectivity index (χ0) is 24.4. The van der Waals surface area contributed by atoms with E-state index in [2.05, 4.69) is 21.2 Å². The number of hydrogen-bond acceptors (Lipinski definition) is 7. The molecule has 1 aliphatic heterocycles. The Kier molecular flexibility index (Phi) is 6.87. The smallest absolute Gasteiger partial charge is 0.294 e. The van der Waals surface area contributed by atoms with Crippen molar-refractivity contribution in [2.45, 2.75) is 0 Å². The SMILES string of the molecule is O=C(CN1C(=O)S/C(=C/c2ccc(-c3ccc([N+](=O)[O-])cc3Br)o2)C1=O)Nc1ccc(Cl)cc1. The first kappa shape index (κ1) is 23.7. The summed E-state index contributed by atoms with van der Waals surface area (Å²) >= 11 is 9.80. The Bertz CT molecular complexity index is 1350. The van der Waals surface area contributed by atoms with Gasteiger partial charge in [0.15, 0.2) is 0 Å². The van der Waals surface area contributed by atoms with Gasteiger partial charge in [0.05, 0.1) is 9.83 Å². The highest BCUT2D eigenvalue weighted by Crippen LogP contribution is 2.35. The predicted molar refractivity (Wildman–Crippen MR) is 131 cm³/mol. The van der Waals surface area contributed by atoms with Gasteiger partial charge in [-0.15, -0.1) is 0 Å². The molecule has 2 aromatic carbocycles. The van der Waals surface area contributed by atoms with Crippen LogP contribution in [0.15, 0.2) is 68.4 Å². The Hall–Kier alpha value is -3.41. The molecule has 172 valence electrons. The molecule has 0 atom stereocenters. The van der Waals surface area contributed by atoms with Gasteiger partial charge in [-0.2, -0.15) is 0 Å². The topological polar surface area (TPSA) is 123 Å². The average molecular weight is 563 g/mol. The summed E-state index contributed by atoms with van der Waals surface area (Å²) in [7, 11) is 0. The van der Waals surface area contributed by atoms with Crippen LogP contribution in [0.2, 0.25) is 5.02 Å². The Morgan fingerprint density at radius 3 is 2.59 bits per heavy atom. The number of hydrogen-bond donors (Lipinski definition) is 1. The number of benzene rings is 2. The van der Waals surface area contributed by atoms with Crippen LogP contribution in [0.25, 0.3) is 17.4 Å². The largest absolute Gasteiger partial charge is 0.457 e. The lowest BCUT2D eigenvalue weighted by atomic mass is 10.1. The van der Waals surface area contributed by atoms with Crippen molar-refractivity contribution in [3.63, 3.8) is 0 Å². The molecule has 0 radical (unpaired) electrons. The van der Waals surface area contributed by atoms with Gasteiger partial charge in [0.1, 0.15) is 18.1 Å². The second kappa shape index (κ2) is 9.84. The molecule has 3 amide bonds. The molecule has 1 fully saturated rings. The van der Waals surface area contributed by atoms with E-state index in [1.54, 1.807) is 36.4 Å². The Morgan fingerprint density at radius 1 is 1.18 bits per heavy atom. The fourth-order valence-electron chi connectivity index (χ4n) is 3.04. The zero-order valence-electron chi connectivity index (χ0n) is 17.0. The molecule has 34 heavy (non-hydrogen) atoms. The van der Waals surface area contributed by atoms with Crippen molar-refractivity contribution in [1.29, 1.82) is 0 Å². The molecule has 0 spiro atoms. The van der Waals surface area contributed by atoms with Crippen LogP contribution >= 0.6 is 39.3 Å². The minimum Gasteiger partial charge on any atom is -0.457 e. The molecule has 3 aromatic rings. The number of carbonyl (C=O) groups excluding carboxylic acids is 3. The van der Waals surface area contributed by atoms with Gasteiger partial charge in [-0.1, -0.05) is 11.6 Å². The molecule has 1 N–H and O–H groups in total. The number of nitro benzene ring substituents is 1. The zero-order valence-corrected chi connectivity index (χ0v) is 20.1. The number of carbonyl (C=O) groups is 3. The van der Waals surface area contributed by atoms with Crippen LogP contribution < -0.4 is 5.32 Å². The Balaban J connectivity index is 1.46. The summed E-state index contributed by atoms with van der Waals surface area (Å²) in [5, 5.41) is 13.4. The normalized spacial score (nSPS) is 14.6. The number of imide groups is 1. The third-order valence-corrected chi connectivity index (χ3v) is 6.45. The van der Waals surface area contributed by atoms with E-state index in [9.17, 15) is 24.5 Å². The van der Waals surface area contributed by atoms with Crippen LogP contribution in [0.3, 0.4) is 0 Å². The lowest BCUT2D eigenvalue weighted by molar-refractivity contribution is -0.384. The quantitative estimate of drug-likeness (QED) is 0.224. The minimum absolute atomic E-state index is 0.0730. The van der Waals surface area contributed by atoms with Crippen molar-refractivity contribution < 1.29 is 23.7 Å². The molecule has 0 saturated carbocycles. The third-order valence-electron chi connectivity index (χ3n) is 4.63. The molecule has 1 saturated heterocycles. The number of nitrogens with one attached hydrogen (secondary N) is 1. The monoisotopic (exact) mass is 561 g/mol. The van der Waals surface area contributed by atoms with Crippen molar-refractivity contribution in [3.8, 4) is 11.3 Å². The molecule has 0 unspecified atom stereocenters. The predicted octanol–water partition coefficient (Wildman–Crippen LogP) is 5.95. The number of furan rings is 1. The minimum atomic E-state index is -0.615. The van der Waals surface area contributed by atoms with Gasteiger partial charge in [0, 0.05) is 39.0 Å². The van der Waals surface area contributed by atoms with Crippen molar-refractivity contribution in [2.75, 3.05) is 11.9 Å². The van der Waals surface area contributed by atoms with Gasteiger partial charge < -0.3 is 9.73 Å². The van der Waals surface area contributed by atoms with Gasteiger partial charge in [-0.25, -0.2) is 0 Å². The molecule has 1 aliphatic rings. The molecular formula is C22H13BrClN3O6S. The summed E-state index contributed by atoms with van der Waals surface area (Å²) in [4.78, 5) is 48.6. The number of anilines is 1. The molecule has 4 rings (SSSR count). The van der Waals surface area contributed by atoms with Crippen LogP contribution in [0.5, 0.6) is 0 Å². The second-order valence-electron chi connectivity index (χ2n) is 6.95. The van der Waals surface area contributed by atoms with Crippen molar-refractivity contribution >= 4 is 73.8 Å². The van der Waals surface area contributed by atoms with Gasteiger partial charge >= 0.3 is 0 Å². The lowest BCUT2D eigenvalue weighted by Gasteiger charge is -2.12. The highest BCUT2D eigenvalue weighted by atomic mass is 79.9.